The van der Waals surface area contributed by atoms with Gasteiger partial charge in [-0.25, -0.2) is 0 Å². The smallest absolute Gasteiger partial charge is 0.228 e. The lowest BCUT2D eigenvalue weighted by molar-refractivity contribution is -0.133. The zero-order valence-electron chi connectivity index (χ0n) is 13.8. The number of piperidine rings is 1. The molecule has 0 aromatic carbocycles. The molecule has 1 aromatic heterocycles. The Balaban J connectivity index is 1.49. The third-order valence-corrected chi connectivity index (χ3v) is 5.82. The lowest BCUT2D eigenvalue weighted by Gasteiger charge is -2.47. The number of carbonyl (C=O) groups is 1. The van der Waals surface area contributed by atoms with E-state index in [9.17, 15) is 4.79 Å². The van der Waals surface area contributed by atoms with Crippen molar-refractivity contribution in [1.82, 2.24) is 20.0 Å². The van der Waals surface area contributed by atoms with E-state index in [1.165, 1.54) is 38.5 Å². The van der Waals surface area contributed by atoms with Crippen LogP contribution in [0.15, 0.2) is 12.3 Å². The van der Waals surface area contributed by atoms with Crippen molar-refractivity contribution in [3.63, 3.8) is 0 Å². The molecule has 1 saturated heterocycles. The summed E-state index contributed by atoms with van der Waals surface area (Å²) in [5.74, 6) is 0.237. The average Bonchev–Trinajstić information content (AvgIpc) is 3.01. The third kappa shape index (κ3) is 3.35. The van der Waals surface area contributed by atoms with E-state index >= 15 is 0 Å². The number of hydrogen-bond donors (Lipinski definition) is 1. The van der Waals surface area contributed by atoms with Gasteiger partial charge < -0.3 is 9.80 Å². The van der Waals surface area contributed by atoms with E-state index in [-0.39, 0.29) is 5.91 Å². The van der Waals surface area contributed by atoms with Crippen LogP contribution >= 0.6 is 0 Å². The highest BCUT2D eigenvalue weighted by Crippen LogP contribution is 2.45. The predicted molar refractivity (Wildman–Crippen MR) is 86.5 cm³/mol. The molecule has 2 aliphatic rings. The van der Waals surface area contributed by atoms with Crippen molar-refractivity contribution in [2.75, 3.05) is 27.2 Å². The van der Waals surface area contributed by atoms with E-state index in [0.717, 1.165) is 24.8 Å². The fraction of sp³-hybridized carbons (Fsp3) is 0.765. The van der Waals surface area contributed by atoms with Gasteiger partial charge >= 0.3 is 0 Å². The van der Waals surface area contributed by atoms with Crippen LogP contribution in [0.5, 0.6) is 0 Å². The van der Waals surface area contributed by atoms with Gasteiger partial charge in [0.1, 0.15) is 0 Å². The summed E-state index contributed by atoms with van der Waals surface area (Å²) in [5, 5.41) is 6.79. The predicted octanol–water partition coefficient (Wildman–Crippen LogP) is 2.07. The number of nitrogens with one attached hydrogen (secondary N) is 1. The van der Waals surface area contributed by atoms with Gasteiger partial charge in [0.15, 0.2) is 0 Å². The summed E-state index contributed by atoms with van der Waals surface area (Å²) in [5.41, 5.74) is 1.42. The van der Waals surface area contributed by atoms with Gasteiger partial charge in [-0.15, -0.1) is 0 Å². The molecule has 0 radical (unpaired) electrons. The summed E-state index contributed by atoms with van der Waals surface area (Å²) < 4.78 is 0. The third-order valence-electron chi connectivity index (χ3n) is 5.82. The Labute approximate surface area is 133 Å². The molecule has 1 N–H and O–H groups in total. The Hall–Kier alpha value is -1.36. The number of aromatic amines is 1. The number of rotatable bonds is 3. The van der Waals surface area contributed by atoms with Gasteiger partial charge in [-0.05, 0) is 64.1 Å². The van der Waals surface area contributed by atoms with Crippen LogP contribution in [0.4, 0.5) is 0 Å². The van der Waals surface area contributed by atoms with Crippen molar-refractivity contribution >= 4 is 5.91 Å². The largest absolute Gasteiger partial charge is 0.342 e. The molecule has 1 amide bonds. The van der Waals surface area contributed by atoms with Gasteiger partial charge in [0, 0.05) is 31.0 Å². The van der Waals surface area contributed by atoms with Crippen molar-refractivity contribution < 1.29 is 4.79 Å². The molecule has 1 aliphatic heterocycles. The van der Waals surface area contributed by atoms with Crippen LogP contribution in [0.1, 0.15) is 44.2 Å². The fourth-order valence-corrected chi connectivity index (χ4v) is 4.12. The standard InChI is InChI=1S/C17H28N4O/c1-20(2)15-3-6-17(7-4-15)8-11-21(12-9-17)16(22)13-14-5-10-18-19-14/h5,10,15H,3-4,6-9,11-13H2,1-2H3,(H,18,19). The summed E-state index contributed by atoms with van der Waals surface area (Å²) >= 11 is 0. The van der Waals surface area contributed by atoms with Crippen LogP contribution in [0, 0.1) is 5.41 Å². The van der Waals surface area contributed by atoms with E-state index < -0.39 is 0 Å². The molecule has 1 saturated carbocycles. The van der Waals surface area contributed by atoms with E-state index in [0.29, 0.717) is 11.8 Å². The zero-order chi connectivity index (χ0) is 15.6. The molecule has 0 atom stereocenters. The minimum absolute atomic E-state index is 0.237. The summed E-state index contributed by atoms with van der Waals surface area (Å²) in [6.07, 6.45) is 9.82. The van der Waals surface area contributed by atoms with Crippen molar-refractivity contribution in [1.29, 1.82) is 0 Å². The topological polar surface area (TPSA) is 52.2 Å². The van der Waals surface area contributed by atoms with Gasteiger partial charge in [-0.3, -0.25) is 9.89 Å². The highest BCUT2D eigenvalue weighted by molar-refractivity contribution is 5.78. The molecule has 3 rings (SSSR count). The van der Waals surface area contributed by atoms with Crippen LogP contribution in [-0.2, 0) is 11.2 Å². The Kier molecular flexibility index (Phi) is 4.52. The molecule has 0 unspecified atom stereocenters. The number of H-pyrrole nitrogens is 1. The molecule has 5 heteroatoms. The van der Waals surface area contributed by atoms with Crippen LogP contribution in [0.2, 0.25) is 0 Å². The second-order valence-electron chi connectivity index (χ2n) is 7.33. The van der Waals surface area contributed by atoms with E-state index in [2.05, 4.69) is 29.2 Å². The first-order valence-electron chi connectivity index (χ1n) is 8.50. The number of carbonyl (C=O) groups excluding carboxylic acids is 1. The molecular weight excluding hydrogens is 276 g/mol. The summed E-state index contributed by atoms with van der Waals surface area (Å²) in [4.78, 5) is 16.8. The molecule has 122 valence electrons. The number of nitrogens with zero attached hydrogens (tertiary/aromatic N) is 3. The molecule has 2 heterocycles. The summed E-state index contributed by atoms with van der Waals surface area (Å²) in [6.45, 7) is 1.86. The lowest BCUT2D eigenvalue weighted by atomic mass is 9.67. The van der Waals surface area contributed by atoms with Gasteiger partial charge in [0.2, 0.25) is 5.91 Å². The molecule has 2 fully saturated rings. The highest BCUT2D eigenvalue weighted by Gasteiger charge is 2.39. The monoisotopic (exact) mass is 304 g/mol. The highest BCUT2D eigenvalue weighted by atomic mass is 16.2. The van der Waals surface area contributed by atoms with Crippen molar-refractivity contribution in [3.05, 3.63) is 18.0 Å². The minimum Gasteiger partial charge on any atom is -0.342 e. The normalized spacial score (nSPS) is 22.4. The van der Waals surface area contributed by atoms with E-state index in [4.69, 9.17) is 0 Å². The average molecular weight is 304 g/mol. The van der Waals surface area contributed by atoms with Gasteiger partial charge in [0.05, 0.1) is 6.42 Å². The molecule has 1 spiro atoms. The number of likely N-dealkylation sites (tertiary alicyclic amines) is 1. The van der Waals surface area contributed by atoms with E-state index in [1.54, 1.807) is 6.20 Å². The molecule has 5 nitrogen and oxygen atoms in total. The van der Waals surface area contributed by atoms with Crippen LogP contribution < -0.4 is 0 Å². The number of hydrogen-bond acceptors (Lipinski definition) is 3. The second-order valence-corrected chi connectivity index (χ2v) is 7.33. The van der Waals surface area contributed by atoms with Crippen LogP contribution in [-0.4, -0.2) is 59.1 Å². The first kappa shape index (κ1) is 15.5. The maximum absolute atomic E-state index is 12.3. The van der Waals surface area contributed by atoms with Crippen LogP contribution in [0.25, 0.3) is 0 Å². The molecule has 1 aliphatic carbocycles. The van der Waals surface area contributed by atoms with Crippen molar-refractivity contribution in [2.24, 2.45) is 5.41 Å². The molecule has 1 aromatic rings. The Bertz CT molecular complexity index is 479. The second kappa shape index (κ2) is 6.41. The maximum Gasteiger partial charge on any atom is 0.228 e. The zero-order valence-corrected chi connectivity index (χ0v) is 13.8. The quantitative estimate of drug-likeness (QED) is 0.930. The van der Waals surface area contributed by atoms with Crippen LogP contribution in [0.3, 0.4) is 0 Å². The van der Waals surface area contributed by atoms with Crippen molar-refractivity contribution in [3.8, 4) is 0 Å². The van der Waals surface area contributed by atoms with Crippen molar-refractivity contribution in [2.45, 2.75) is 51.0 Å². The first-order valence-corrected chi connectivity index (χ1v) is 8.50. The summed E-state index contributed by atoms with van der Waals surface area (Å²) in [7, 11) is 4.39. The molecule has 0 bridgehead atoms. The lowest BCUT2D eigenvalue weighted by Crippen LogP contribution is -2.46. The maximum atomic E-state index is 12.3. The Morgan fingerprint density at radius 2 is 2.00 bits per heavy atom. The minimum atomic E-state index is 0.237. The number of amides is 1. The van der Waals surface area contributed by atoms with Gasteiger partial charge in [0.25, 0.3) is 0 Å². The first-order chi connectivity index (χ1) is 10.6. The Morgan fingerprint density at radius 3 is 2.55 bits per heavy atom. The Morgan fingerprint density at radius 1 is 1.32 bits per heavy atom. The number of aromatic nitrogens is 2. The summed E-state index contributed by atoms with van der Waals surface area (Å²) in [6, 6.07) is 2.64. The van der Waals surface area contributed by atoms with Gasteiger partial charge in [-0.2, -0.15) is 5.10 Å². The molecular formula is C17H28N4O. The fourth-order valence-electron chi connectivity index (χ4n) is 4.12. The van der Waals surface area contributed by atoms with E-state index in [1.807, 2.05) is 11.0 Å². The SMILES string of the molecule is CN(C)C1CCC2(CC1)CCN(C(=O)Cc1ccn[nH]1)CC2. The van der Waals surface area contributed by atoms with Gasteiger partial charge in [-0.1, -0.05) is 0 Å². The molecule has 22 heavy (non-hydrogen) atoms.